The van der Waals surface area contributed by atoms with E-state index in [1.165, 1.54) is 18.2 Å². The van der Waals surface area contributed by atoms with Gasteiger partial charge in [0.25, 0.3) is 5.91 Å². The van der Waals surface area contributed by atoms with Crippen LogP contribution in [0.4, 0.5) is 5.69 Å². The van der Waals surface area contributed by atoms with E-state index >= 15 is 0 Å². The van der Waals surface area contributed by atoms with Gasteiger partial charge in [0, 0.05) is 16.3 Å². The van der Waals surface area contributed by atoms with Gasteiger partial charge in [-0.15, -0.1) is 0 Å². The number of carboxylic acids is 1. The summed E-state index contributed by atoms with van der Waals surface area (Å²) in [4.78, 5) is 28.1. The lowest BCUT2D eigenvalue weighted by molar-refractivity contribution is -0.113. The van der Waals surface area contributed by atoms with E-state index in [4.69, 9.17) is 16.3 Å². The number of carbonyl (C=O) groups is 2. The Morgan fingerprint density at radius 2 is 1.74 bits per heavy atom. The molecular weight excluding hydrogens is 488 g/mol. The van der Waals surface area contributed by atoms with E-state index in [0.29, 0.717) is 33.1 Å². The monoisotopic (exact) mass is 506 g/mol. The fourth-order valence-corrected chi connectivity index (χ4v) is 4.09. The third-order valence-electron chi connectivity index (χ3n) is 4.88. The summed E-state index contributed by atoms with van der Waals surface area (Å²) in [6, 6.07) is 18.9. The molecule has 1 aliphatic rings. The standard InChI is InChI=1S/C26H19ClN2O5S/c1-15(30)18-11-19(25(32)33)13-21(12-18)28-26-29-24(31)23(35-26)10-16-4-8-22(9-5-16)34-14-17-2-6-20(27)7-3-17/h2-13,30H,1,14H2,(H,32,33)(H,28,29,31)/b23-10-. The van der Waals surface area contributed by atoms with Crippen LogP contribution in [0.1, 0.15) is 27.0 Å². The van der Waals surface area contributed by atoms with E-state index in [1.54, 1.807) is 6.08 Å². The van der Waals surface area contributed by atoms with Crippen molar-refractivity contribution in [2.45, 2.75) is 6.61 Å². The molecule has 176 valence electrons. The van der Waals surface area contributed by atoms with Crippen LogP contribution in [0.15, 0.2) is 83.2 Å². The van der Waals surface area contributed by atoms with Crippen LogP contribution in [-0.2, 0) is 11.4 Å². The Balaban J connectivity index is 1.41. The van der Waals surface area contributed by atoms with Gasteiger partial charge in [-0.3, -0.25) is 4.79 Å². The molecule has 9 heteroatoms. The minimum Gasteiger partial charge on any atom is -0.508 e. The zero-order valence-electron chi connectivity index (χ0n) is 18.2. The van der Waals surface area contributed by atoms with E-state index in [0.717, 1.165) is 22.9 Å². The fourth-order valence-electron chi connectivity index (χ4n) is 3.13. The second-order valence-electron chi connectivity index (χ2n) is 7.49. The largest absolute Gasteiger partial charge is 0.508 e. The molecule has 3 aromatic carbocycles. The molecule has 3 N–H and O–H groups in total. The smallest absolute Gasteiger partial charge is 0.335 e. The highest BCUT2D eigenvalue weighted by molar-refractivity contribution is 8.18. The summed E-state index contributed by atoms with van der Waals surface area (Å²) in [5.41, 5.74) is 2.36. The van der Waals surface area contributed by atoms with Crippen LogP contribution in [0.5, 0.6) is 5.75 Å². The molecule has 1 amide bonds. The molecule has 1 aliphatic heterocycles. The highest BCUT2D eigenvalue weighted by Crippen LogP contribution is 2.30. The zero-order chi connectivity index (χ0) is 24.9. The third kappa shape index (κ3) is 6.32. The molecule has 7 nitrogen and oxygen atoms in total. The average Bonchev–Trinajstić information content (AvgIpc) is 3.17. The second-order valence-corrected chi connectivity index (χ2v) is 8.96. The number of aliphatic hydroxyl groups excluding tert-OH is 1. The third-order valence-corrected chi connectivity index (χ3v) is 6.03. The molecule has 0 atom stereocenters. The summed E-state index contributed by atoms with van der Waals surface area (Å²) in [6.45, 7) is 3.83. The van der Waals surface area contributed by atoms with Crippen molar-refractivity contribution in [3.63, 3.8) is 0 Å². The number of amidine groups is 1. The SMILES string of the molecule is C=C(O)c1cc(NC2=NC(=O)/C(=C/c3ccc(OCc4ccc(Cl)cc4)cc3)S2)cc(C(=O)O)c1. The number of nitrogens with one attached hydrogen (secondary N) is 1. The van der Waals surface area contributed by atoms with Crippen molar-refractivity contribution in [1.82, 2.24) is 0 Å². The summed E-state index contributed by atoms with van der Waals surface area (Å²) >= 11 is 7.02. The van der Waals surface area contributed by atoms with Gasteiger partial charge in [-0.05, 0) is 71.4 Å². The minimum absolute atomic E-state index is 0.0377. The second kappa shape index (κ2) is 10.5. The summed E-state index contributed by atoms with van der Waals surface area (Å²) in [6.07, 6.45) is 1.71. The summed E-state index contributed by atoms with van der Waals surface area (Å²) in [5, 5.41) is 22.8. The number of carboxylic acid groups (broad SMARTS) is 1. The van der Waals surface area contributed by atoms with Crippen molar-refractivity contribution in [2.24, 2.45) is 4.99 Å². The number of halogens is 1. The van der Waals surface area contributed by atoms with E-state index in [2.05, 4.69) is 16.9 Å². The number of thioether (sulfide) groups is 1. The lowest BCUT2D eigenvalue weighted by Crippen LogP contribution is -2.07. The van der Waals surface area contributed by atoms with Gasteiger partial charge in [-0.25, -0.2) is 4.79 Å². The van der Waals surface area contributed by atoms with Gasteiger partial charge in [0.15, 0.2) is 5.17 Å². The average molecular weight is 507 g/mol. The molecular formula is C26H19ClN2O5S. The van der Waals surface area contributed by atoms with Gasteiger partial charge in [0.05, 0.1) is 10.5 Å². The van der Waals surface area contributed by atoms with Gasteiger partial charge in [-0.1, -0.05) is 42.4 Å². The lowest BCUT2D eigenvalue weighted by Gasteiger charge is -2.09. The Morgan fingerprint density at radius 3 is 2.40 bits per heavy atom. The van der Waals surface area contributed by atoms with E-state index in [9.17, 15) is 19.8 Å². The first-order chi connectivity index (χ1) is 16.8. The normalized spacial score (nSPS) is 14.0. The van der Waals surface area contributed by atoms with E-state index in [-0.39, 0.29) is 16.9 Å². The van der Waals surface area contributed by atoms with Gasteiger partial charge in [0.1, 0.15) is 18.1 Å². The van der Waals surface area contributed by atoms with Crippen LogP contribution in [-0.4, -0.2) is 27.3 Å². The Hall–Kier alpha value is -4.01. The van der Waals surface area contributed by atoms with E-state index < -0.39 is 11.9 Å². The number of amides is 1. The molecule has 0 saturated carbocycles. The van der Waals surface area contributed by atoms with Crippen molar-refractivity contribution < 1.29 is 24.5 Å². The minimum atomic E-state index is -1.16. The number of aliphatic hydroxyl groups is 1. The summed E-state index contributed by atoms with van der Waals surface area (Å²) in [7, 11) is 0. The van der Waals surface area contributed by atoms with Gasteiger partial charge in [0.2, 0.25) is 0 Å². The van der Waals surface area contributed by atoms with Crippen LogP contribution in [0.3, 0.4) is 0 Å². The number of hydrogen-bond donors (Lipinski definition) is 3. The molecule has 0 spiro atoms. The molecule has 0 aromatic heterocycles. The maximum Gasteiger partial charge on any atom is 0.335 e. The fraction of sp³-hybridized carbons (Fsp3) is 0.0385. The first-order valence-electron chi connectivity index (χ1n) is 10.3. The molecule has 0 fully saturated rings. The Morgan fingerprint density at radius 1 is 1.06 bits per heavy atom. The predicted molar refractivity (Wildman–Crippen MR) is 139 cm³/mol. The number of rotatable bonds is 7. The topological polar surface area (TPSA) is 108 Å². The van der Waals surface area contributed by atoms with Gasteiger partial charge >= 0.3 is 5.97 Å². The molecule has 3 aromatic rings. The number of hydrogen-bond acceptors (Lipinski definition) is 6. The molecule has 4 rings (SSSR count). The molecule has 35 heavy (non-hydrogen) atoms. The first-order valence-corrected chi connectivity index (χ1v) is 11.5. The van der Waals surface area contributed by atoms with Gasteiger partial charge in [-0.2, -0.15) is 4.99 Å². The maximum atomic E-state index is 12.4. The summed E-state index contributed by atoms with van der Waals surface area (Å²) in [5.74, 6) is -1.16. The van der Waals surface area contributed by atoms with Crippen LogP contribution < -0.4 is 10.1 Å². The Bertz CT molecular complexity index is 1330. The Kier molecular flexibility index (Phi) is 7.24. The molecule has 0 aliphatic carbocycles. The molecule has 0 unspecified atom stereocenters. The quantitative estimate of drug-likeness (QED) is 0.257. The molecule has 0 radical (unpaired) electrons. The number of anilines is 1. The number of benzene rings is 3. The highest BCUT2D eigenvalue weighted by Gasteiger charge is 2.22. The van der Waals surface area contributed by atoms with Crippen molar-refractivity contribution >= 4 is 57.9 Å². The number of carbonyl (C=O) groups excluding carboxylic acids is 1. The Labute approximate surface area is 210 Å². The maximum absolute atomic E-state index is 12.4. The predicted octanol–water partition coefficient (Wildman–Crippen LogP) is 6.23. The van der Waals surface area contributed by atoms with Crippen molar-refractivity contribution in [1.29, 1.82) is 0 Å². The first kappa shape index (κ1) is 24.1. The van der Waals surface area contributed by atoms with Gasteiger partial charge < -0.3 is 20.3 Å². The van der Waals surface area contributed by atoms with Crippen LogP contribution >= 0.6 is 23.4 Å². The van der Waals surface area contributed by atoms with E-state index in [1.807, 2.05) is 48.5 Å². The van der Waals surface area contributed by atoms with Crippen LogP contribution in [0.2, 0.25) is 5.02 Å². The van der Waals surface area contributed by atoms with Crippen molar-refractivity contribution in [3.8, 4) is 5.75 Å². The summed E-state index contributed by atoms with van der Waals surface area (Å²) < 4.78 is 5.78. The zero-order valence-corrected chi connectivity index (χ0v) is 19.8. The number of ether oxygens (including phenoxy) is 1. The molecule has 0 bridgehead atoms. The van der Waals surface area contributed by atoms with Crippen molar-refractivity contribution in [2.75, 3.05) is 5.32 Å². The van der Waals surface area contributed by atoms with Crippen LogP contribution in [0, 0.1) is 0 Å². The van der Waals surface area contributed by atoms with Crippen LogP contribution in [0.25, 0.3) is 11.8 Å². The lowest BCUT2D eigenvalue weighted by atomic mass is 10.1. The number of aliphatic imine (C=N–C) groups is 1. The number of aromatic carboxylic acids is 1. The molecule has 1 heterocycles. The molecule has 0 saturated heterocycles. The number of nitrogens with zero attached hydrogens (tertiary/aromatic N) is 1. The van der Waals surface area contributed by atoms with Crippen molar-refractivity contribution in [3.05, 3.63) is 105 Å². The highest BCUT2D eigenvalue weighted by atomic mass is 35.5.